The summed E-state index contributed by atoms with van der Waals surface area (Å²) in [6, 6.07) is 9.26. The van der Waals surface area contributed by atoms with Crippen molar-refractivity contribution in [3.8, 4) is 6.07 Å². The summed E-state index contributed by atoms with van der Waals surface area (Å²) < 4.78 is 0. The molecule has 0 saturated carbocycles. The molecule has 1 fully saturated rings. The Bertz CT molecular complexity index is 480. The van der Waals surface area contributed by atoms with Gasteiger partial charge in [-0.25, -0.2) is 4.79 Å². The molecule has 1 saturated heterocycles. The summed E-state index contributed by atoms with van der Waals surface area (Å²) in [5.74, 6) is 0. The Labute approximate surface area is 106 Å². The molecule has 18 heavy (non-hydrogen) atoms. The zero-order chi connectivity index (χ0) is 13.0. The Kier molecular flexibility index (Phi) is 3.80. The third-order valence-corrected chi connectivity index (χ3v) is 3.01. The van der Waals surface area contributed by atoms with Gasteiger partial charge in [0.05, 0.1) is 11.6 Å². The fraction of sp³-hybridized carbons (Fsp3) is 0.385. The molecule has 1 atom stereocenters. The summed E-state index contributed by atoms with van der Waals surface area (Å²) >= 11 is 0. The van der Waals surface area contributed by atoms with Gasteiger partial charge in [0.25, 0.3) is 0 Å². The van der Waals surface area contributed by atoms with Crippen LogP contribution in [-0.4, -0.2) is 32.2 Å². The summed E-state index contributed by atoms with van der Waals surface area (Å²) in [5.41, 5.74) is 1.34. The van der Waals surface area contributed by atoms with Crippen molar-refractivity contribution in [1.82, 2.24) is 10.6 Å². The van der Waals surface area contributed by atoms with Gasteiger partial charge in [-0.2, -0.15) is 5.26 Å². The molecule has 0 aliphatic carbocycles. The van der Waals surface area contributed by atoms with Gasteiger partial charge in [0.2, 0.25) is 0 Å². The fourth-order valence-corrected chi connectivity index (χ4v) is 2.05. The molecule has 5 nitrogen and oxygen atoms in total. The minimum atomic E-state index is -0.0915. The molecule has 2 amide bonds. The number of carbonyl (C=O) groups is 1. The van der Waals surface area contributed by atoms with Crippen LogP contribution in [0.4, 0.5) is 10.5 Å². The summed E-state index contributed by atoms with van der Waals surface area (Å²) in [7, 11) is 1.89. The van der Waals surface area contributed by atoms with Gasteiger partial charge in [-0.1, -0.05) is 6.07 Å². The fourth-order valence-electron chi connectivity index (χ4n) is 2.05. The summed E-state index contributed by atoms with van der Waals surface area (Å²) in [6.07, 6.45) is 0.899. The highest BCUT2D eigenvalue weighted by Gasteiger charge is 2.29. The molecule has 1 aliphatic rings. The van der Waals surface area contributed by atoms with Gasteiger partial charge in [0.15, 0.2) is 0 Å². The number of nitrogens with zero attached hydrogens (tertiary/aromatic N) is 2. The van der Waals surface area contributed by atoms with E-state index in [1.807, 2.05) is 13.1 Å². The topological polar surface area (TPSA) is 68.2 Å². The van der Waals surface area contributed by atoms with E-state index >= 15 is 0 Å². The first kappa shape index (κ1) is 12.4. The average Bonchev–Trinajstić information content (AvgIpc) is 2.77. The lowest BCUT2D eigenvalue weighted by Crippen LogP contribution is -2.29. The number of urea groups is 1. The van der Waals surface area contributed by atoms with Gasteiger partial charge in [-0.15, -0.1) is 0 Å². The Morgan fingerprint density at radius 3 is 3.17 bits per heavy atom. The molecular weight excluding hydrogens is 228 g/mol. The second kappa shape index (κ2) is 5.52. The van der Waals surface area contributed by atoms with E-state index in [1.54, 1.807) is 23.1 Å². The molecular formula is C13H16N4O. The molecule has 0 bridgehead atoms. The predicted octanol–water partition coefficient (Wildman–Crippen LogP) is 1.07. The number of hydrogen-bond donors (Lipinski definition) is 2. The van der Waals surface area contributed by atoms with Gasteiger partial charge in [0.1, 0.15) is 0 Å². The first-order chi connectivity index (χ1) is 8.74. The van der Waals surface area contributed by atoms with E-state index in [0.29, 0.717) is 12.1 Å². The lowest BCUT2D eigenvalue weighted by molar-refractivity contribution is 0.250. The van der Waals surface area contributed by atoms with Crippen LogP contribution < -0.4 is 15.5 Å². The number of benzene rings is 1. The van der Waals surface area contributed by atoms with Crippen molar-refractivity contribution in [2.24, 2.45) is 0 Å². The number of nitrogens with one attached hydrogen (secondary N) is 2. The normalized spacial score (nSPS) is 18.6. The molecule has 5 heteroatoms. The zero-order valence-electron chi connectivity index (χ0n) is 10.3. The SMILES string of the molecule is CNCCC1CN(c2cccc(C#N)c2)C(=O)N1. The van der Waals surface area contributed by atoms with E-state index in [1.165, 1.54) is 0 Å². The lowest BCUT2D eigenvalue weighted by Gasteiger charge is -2.14. The summed E-state index contributed by atoms with van der Waals surface area (Å²) in [4.78, 5) is 13.5. The van der Waals surface area contributed by atoms with E-state index in [-0.39, 0.29) is 12.1 Å². The molecule has 1 aromatic rings. The minimum absolute atomic E-state index is 0.0915. The quantitative estimate of drug-likeness (QED) is 0.832. The second-order valence-electron chi connectivity index (χ2n) is 4.31. The van der Waals surface area contributed by atoms with Gasteiger partial charge in [0, 0.05) is 18.3 Å². The first-order valence-electron chi connectivity index (χ1n) is 5.97. The lowest BCUT2D eigenvalue weighted by atomic mass is 10.2. The number of amides is 2. The molecule has 1 unspecified atom stereocenters. The highest BCUT2D eigenvalue weighted by Crippen LogP contribution is 2.20. The first-order valence-corrected chi connectivity index (χ1v) is 5.97. The van der Waals surface area contributed by atoms with E-state index in [9.17, 15) is 4.79 Å². The number of rotatable bonds is 4. The number of anilines is 1. The molecule has 1 aromatic carbocycles. The van der Waals surface area contributed by atoms with Crippen LogP contribution in [-0.2, 0) is 0 Å². The van der Waals surface area contributed by atoms with Crippen molar-refractivity contribution >= 4 is 11.7 Å². The Morgan fingerprint density at radius 2 is 2.44 bits per heavy atom. The molecule has 2 N–H and O–H groups in total. The minimum Gasteiger partial charge on any atom is -0.333 e. The Morgan fingerprint density at radius 1 is 1.61 bits per heavy atom. The molecule has 0 aromatic heterocycles. The number of nitriles is 1. The van der Waals surface area contributed by atoms with Crippen molar-refractivity contribution in [3.05, 3.63) is 29.8 Å². The summed E-state index contributed by atoms with van der Waals surface area (Å²) in [5, 5.41) is 14.9. The summed E-state index contributed by atoms with van der Waals surface area (Å²) in [6.45, 7) is 1.52. The van der Waals surface area contributed by atoms with Crippen molar-refractivity contribution in [1.29, 1.82) is 5.26 Å². The maximum atomic E-state index is 11.9. The highest BCUT2D eigenvalue weighted by molar-refractivity contribution is 5.94. The highest BCUT2D eigenvalue weighted by atomic mass is 16.2. The molecule has 1 heterocycles. The second-order valence-corrected chi connectivity index (χ2v) is 4.31. The average molecular weight is 244 g/mol. The molecule has 0 spiro atoms. The maximum absolute atomic E-state index is 11.9. The monoisotopic (exact) mass is 244 g/mol. The third-order valence-electron chi connectivity index (χ3n) is 3.01. The smallest absolute Gasteiger partial charge is 0.322 e. The van der Waals surface area contributed by atoms with Crippen LogP contribution in [0.25, 0.3) is 0 Å². The van der Waals surface area contributed by atoms with E-state index in [2.05, 4.69) is 16.7 Å². The predicted molar refractivity (Wildman–Crippen MR) is 69.4 cm³/mol. The van der Waals surface area contributed by atoms with Gasteiger partial charge < -0.3 is 10.6 Å². The third kappa shape index (κ3) is 2.60. The zero-order valence-corrected chi connectivity index (χ0v) is 10.3. The van der Waals surface area contributed by atoms with Gasteiger partial charge >= 0.3 is 6.03 Å². The number of carbonyl (C=O) groups excluding carboxylic acids is 1. The van der Waals surface area contributed by atoms with Crippen LogP contribution in [0.5, 0.6) is 0 Å². The molecule has 2 rings (SSSR count). The van der Waals surface area contributed by atoms with Gasteiger partial charge in [-0.05, 0) is 38.2 Å². The number of hydrogen-bond acceptors (Lipinski definition) is 3. The van der Waals surface area contributed by atoms with Crippen LogP contribution in [0.2, 0.25) is 0 Å². The van der Waals surface area contributed by atoms with E-state index in [0.717, 1.165) is 18.7 Å². The van der Waals surface area contributed by atoms with Crippen molar-refractivity contribution in [2.75, 3.05) is 25.0 Å². The molecule has 1 aliphatic heterocycles. The van der Waals surface area contributed by atoms with Crippen molar-refractivity contribution in [2.45, 2.75) is 12.5 Å². The van der Waals surface area contributed by atoms with Gasteiger partial charge in [-0.3, -0.25) is 4.90 Å². The van der Waals surface area contributed by atoms with E-state index in [4.69, 9.17) is 5.26 Å². The largest absolute Gasteiger partial charge is 0.333 e. The van der Waals surface area contributed by atoms with Crippen LogP contribution >= 0.6 is 0 Å². The van der Waals surface area contributed by atoms with Crippen molar-refractivity contribution in [3.63, 3.8) is 0 Å². The Hall–Kier alpha value is -2.06. The molecule has 0 radical (unpaired) electrons. The van der Waals surface area contributed by atoms with Crippen LogP contribution in [0, 0.1) is 11.3 Å². The van der Waals surface area contributed by atoms with Crippen LogP contribution in [0.3, 0.4) is 0 Å². The maximum Gasteiger partial charge on any atom is 0.322 e. The van der Waals surface area contributed by atoms with Crippen LogP contribution in [0.15, 0.2) is 24.3 Å². The van der Waals surface area contributed by atoms with Crippen LogP contribution in [0.1, 0.15) is 12.0 Å². The molecule has 94 valence electrons. The van der Waals surface area contributed by atoms with E-state index < -0.39 is 0 Å². The van der Waals surface area contributed by atoms with Crippen molar-refractivity contribution < 1.29 is 4.79 Å². The standard InChI is InChI=1S/C13H16N4O/c1-15-6-5-11-9-17(13(18)16-11)12-4-2-3-10(7-12)8-14/h2-4,7,11,15H,5-6,9H2,1H3,(H,16,18). The Balaban J connectivity index is 2.09.